The summed E-state index contributed by atoms with van der Waals surface area (Å²) < 4.78 is 0. The second-order valence-corrected chi connectivity index (χ2v) is 3.90. The first-order valence-corrected chi connectivity index (χ1v) is 5.46. The van der Waals surface area contributed by atoms with Gasteiger partial charge in [0.25, 0.3) is 0 Å². The van der Waals surface area contributed by atoms with E-state index in [-0.39, 0.29) is 0 Å². The minimum atomic E-state index is 0.815. The molecule has 1 aliphatic heterocycles. The zero-order chi connectivity index (χ0) is 10.8. The Labute approximate surface area is 94.6 Å². The molecule has 0 unspecified atom stereocenters. The van der Waals surface area contributed by atoms with Crippen LogP contribution in [0.3, 0.4) is 0 Å². The van der Waals surface area contributed by atoms with Crippen molar-refractivity contribution < 1.29 is 0 Å². The first kappa shape index (κ1) is 9.48. The molecule has 3 nitrogen and oxygen atoms in total. The topological polar surface area (TPSA) is 39.9 Å². The van der Waals surface area contributed by atoms with Gasteiger partial charge in [0.05, 0.1) is 5.69 Å². The van der Waals surface area contributed by atoms with Gasteiger partial charge in [-0.05, 0) is 23.8 Å². The van der Waals surface area contributed by atoms with E-state index in [9.17, 15) is 0 Å². The van der Waals surface area contributed by atoms with Crippen molar-refractivity contribution in [1.29, 1.82) is 0 Å². The third-order valence-electron chi connectivity index (χ3n) is 2.81. The number of pyridine rings is 2. The monoisotopic (exact) mass is 210 g/mol. The van der Waals surface area contributed by atoms with Crippen LogP contribution in [-0.2, 0) is 13.0 Å². The maximum absolute atomic E-state index is 4.68. The van der Waals surface area contributed by atoms with Crippen molar-refractivity contribution in [3.05, 3.63) is 47.9 Å². The van der Waals surface area contributed by atoms with Crippen molar-refractivity contribution in [2.45, 2.75) is 13.0 Å². The number of fused-ring (bicyclic) bond motifs is 1. The van der Waals surface area contributed by atoms with Gasteiger partial charge < -0.3 is 0 Å². The highest BCUT2D eigenvalue weighted by atomic mass is 14.9. The summed E-state index contributed by atoms with van der Waals surface area (Å²) in [6.07, 6.45) is 4.59. The number of aromatic nitrogens is 2. The average molecular weight is 210 g/mol. The van der Waals surface area contributed by atoms with E-state index in [1.54, 1.807) is 6.20 Å². The van der Waals surface area contributed by atoms with Crippen LogP contribution in [0.1, 0.15) is 11.3 Å². The van der Waals surface area contributed by atoms with Crippen LogP contribution < -0.4 is 5.32 Å². The van der Waals surface area contributed by atoms with Gasteiger partial charge >= 0.3 is 0 Å². The van der Waals surface area contributed by atoms with Gasteiger partial charge in [-0.15, -0.1) is 0 Å². The molecule has 0 aromatic carbocycles. The minimum Gasteiger partial charge on any atom is -0.264 e. The fourth-order valence-corrected chi connectivity index (χ4v) is 1.95. The van der Waals surface area contributed by atoms with Crippen molar-refractivity contribution in [3.63, 3.8) is 0 Å². The first-order chi connectivity index (χ1) is 7.93. The Kier molecular flexibility index (Phi) is 2.38. The lowest BCUT2D eigenvalue weighted by Crippen LogP contribution is -2.18. The number of rotatable bonds is 1. The van der Waals surface area contributed by atoms with Crippen LogP contribution in [0.4, 0.5) is 0 Å². The van der Waals surface area contributed by atoms with Crippen molar-refractivity contribution in [3.8, 4) is 11.3 Å². The Morgan fingerprint density at radius 1 is 1.12 bits per heavy atom. The van der Waals surface area contributed by atoms with Crippen LogP contribution in [-0.4, -0.2) is 16.5 Å². The summed E-state index contributed by atoms with van der Waals surface area (Å²) in [6, 6.07) is 8.16. The zero-order valence-electron chi connectivity index (χ0n) is 8.93. The van der Waals surface area contributed by atoms with Crippen molar-refractivity contribution >= 4 is 0 Å². The molecule has 0 atom stereocenters. The van der Waals surface area contributed by atoms with Gasteiger partial charge in [0.2, 0.25) is 0 Å². The molecule has 0 bridgehead atoms. The summed E-state index contributed by atoms with van der Waals surface area (Å²) in [5.41, 5.74) is 4.54. The van der Waals surface area contributed by atoms with Crippen LogP contribution in [0.15, 0.2) is 36.7 Å². The molecule has 0 amide bonds. The Morgan fingerprint density at radius 3 is 3.00 bits per heavy atom. The number of hydrogen-bond donors (Lipinski definition) is 0. The maximum atomic E-state index is 4.68. The van der Waals surface area contributed by atoms with Crippen LogP contribution in [0, 0.1) is 0 Å². The van der Waals surface area contributed by atoms with E-state index in [0.717, 1.165) is 30.8 Å². The molecule has 0 N–H and O–H groups in total. The van der Waals surface area contributed by atoms with Gasteiger partial charge in [-0.3, -0.25) is 9.97 Å². The van der Waals surface area contributed by atoms with E-state index in [1.165, 1.54) is 11.3 Å². The predicted molar refractivity (Wildman–Crippen MR) is 61.9 cm³/mol. The Morgan fingerprint density at radius 2 is 2.12 bits per heavy atom. The molecule has 0 saturated heterocycles. The molecule has 1 aliphatic rings. The molecular formula is C13H12N3. The summed E-state index contributed by atoms with van der Waals surface area (Å²) in [6.45, 7) is 1.71. The second-order valence-electron chi connectivity index (χ2n) is 3.90. The van der Waals surface area contributed by atoms with Crippen molar-refractivity contribution in [2.24, 2.45) is 0 Å². The van der Waals surface area contributed by atoms with Gasteiger partial charge in [-0.2, -0.15) is 0 Å². The second kappa shape index (κ2) is 4.02. The molecule has 0 saturated carbocycles. The first-order valence-electron chi connectivity index (χ1n) is 5.46. The highest BCUT2D eigenvalue weighted by Crippen LogP contribution is 2.20. The zero-order valence-corrected chi connectivity index (χ0v) is 8.93. The molecule has 0 aliphatic carbocycles. The summed E-state index contributed by atoms with van der Waals surface area (Å²) in [5.74, 6) is 0. The molecule has 3 heteroatoms. The molecule has 0 spiro atoms. The highest BCUT2D eigenvalue weighted by molar-refractivity contribution is 5.58. The maximum Gasteiger partial charge on any atom is 0.0721 e. The van der Waals surface area contributed by atoms with Crippen molar-refractivity contribution in [2.75, 3.05) is 6.54 Å². The highest BCUT2D eigenvalue weighted by Gasteiger charge is 2.11. The molecule has 2 aromatic heterocycles. The molecular weight excluding hydrogens is 198 g/mol. The van der Waals surface area contributed by atoms with Crippen LogP contribution in [0.2, 0.25) is 0 Å². The number of hydrogen-bond acceptors (Lipinski definition) is 2. The van der Waals surface area contributed by atoms with Gasteiger partial charge in [0, 0.05) is 43.2 Å². The van der Waals surface area contributed by atoms with Crippen molar-refractivity contribution in [1.82, 2.24) is 15.3 Å². The predicted octanol–water partition coefficient (Wildman–Crippen LogP) is 1.80. The van der Waals surface area contributed by atoms with E-state index in [2.05, 4.69) is 27.4 Å². The SMILES string of the molecule is c1cncc(-c2ccc3c(n2)CC[N]C3)c1. The fourth-order valence-electron chi connectivity index (χ4n) is 1.95. The molecule has 0 fully saturated rings. The molecule has 3 heterocycles. The summed E-state index contributed by atoms with van der Waals surface area (Å²) in [7, 11) is 0. The Hall–Kier alpha value is -1.74. The van der Waals surface area contributed by atoms with Crippen LogP contribution in [0.5, 0.6) is 0 Å². The summed E-state index contributed by atoms with van der Waals surface area (Å²) in [5, 5.41) is 4.37. The van der Waals surface area contributed by atoms with Crippen LogP contribution >= 0.6 is 0 Å². The molecule has 16 heavy (non-hydrogen) atoms. The molecule has 3 rings (SSSR count). The largest absolute Gasteiger partial charge is 0.264 e. The van der Waals surface area contributed by atoms with Gasteiger partial charge in [0.15, 0.2) is 0 Å². The van der Waals surface area contributed by atoms with E-state index >= 15 is 0 Å². The van der Waals surface area contributed by atoms with Gasteiger partial charge in [-0.25, -0.2) is 5.32 Å². The van der Waals surface area contributed by atoms with E-state index in [4.69, 9.17) is 0 Å². The van der Waals surface area contributed by atoms with Crippen LogP contribution in [0.25, 0.3) is 11.3 Å². The van der Waals surface area contributed by atoms with E-state index < -0.39 is 0 Å². The van der Waals surface area contributed by atoms with Gasteiger partial charge in [0.1, 0.15) is 0 Å². The average Bonchev–Trinajstić information content (AvgIpc) is 2.39. The van der Waals surface area contributed by atoms with E-state index in [0.29, 0.717) is 0 Å². The minimum absolute atomic E-state index is 0.815. The summed E-state index contributed by atoms with van der Waals surface area (Å²) in [4.78, 5) is 8.80. The third-order valence-corrected chi connectivity index (χ3v) is 2.81. The lowest BCUT2D eigenvalue weighted by molar-refractivity contribution is 0.618. The molecule has 2 aromatic rings. The standard InChI is InChI=1S/C13H12N3/c1-2-10(8-14-6-1)12-4-3-11-9-15-7-5-13(11)16-12/h1-4,6,8H,5,7,9H2. The van der Waals surface area contributed by atoms with E-state index in [1.807, 2.05) is 18.3 Å². The molecule has 79 valence electrons. The Bertz CT molecular complexity index is 494. The normalized spacial score (nSPS) is 14.5. The lowest BCUT2D eigenvalue weighted by Gasteiger charge is -2.15. The number of nitrogens with zero attached hydrogens (tertiary/aromatic N) is 3. The quantitative estimate of drug-likeness (QED) is 0.720. The Balaban J connectivity index is 2.03. The molecule has 1 radical (unpaired) electrons. The smallest absolute Gasteiger partial charge is 0.0721 e. The third kappa shape index (κ3) is 1.70. The van der Waals surface area contributed by atoms with Gasteiger partial charge in [-0.1, -0.05) is 6.07 Å². The lowest BCUT2D eigenvalue weighted by atomic mass is 10.1. The summed E-state index contributed by atoms with van der Waals surface area (Å²) >= 11 is 0. The fraction of sp³-hybridized carbons (Fsp3) is 0.231.